The van der Waals surface area contributed by atoms with E-state index in [1.807, 2.05) is 18.2 Å². The molecule has 306 valence electrons. The van der Waals surface area contributed by atoms with Gasteiger partial charge in [-0.15, -0.1) is 0 Å². The van der Waals surface area contributed by atoms with Crippen molar-refractivity contribution in [1.29, 1.82) is 5.26 Å². The zero-order chi connectivity index (χ0) is 41.5. The standard InChI is InChI=1S/C56H56N4O/c1-34-22-38-23-35(2)28-55(27-34,31-38)46-17-12-42(13-18-46)53-58-52(59-54(60-53)43-14-19-47(20-15-43)56-29-36(3)24-39(32-56)25-37(4)30-56)41-10-8-40(9-11-41)44-16-21-50-49(26-44)48-7-5-6-45(33-57)51(48)61-50/h5-21,26,34-39H,22-25,27-32H2,1-4H3/t34-,35+,36-,37+,38-,39-,55?,56?. The van der Waals surface area contributed by atoms with Crippen LogP contribution in [0.25, 0.3) is 67.2 Å². The van der Waals surface area contributed by atoms with E-state index < -0.39 is 0 Å². The molecule has 0 aliphatic heterocycles. The van der Waals surface area contributed by atoms with E-state index in [2.05, 4.69) is 119 Å². The molecule has 5 nitrogen and oxygen atoms in total. The predicted molar refractivity (Wildman–Crippen MR) is 247 cm³/mol. The Bertz CT molecular complexity index is 2670. The molecule has 0 N–H and O–H groups in total. The Balaban J connectivity index is 0.958. The van der Waals surface area contributed by atoms with Crippen molar-refractivity contribution in [3.8, 4) is 51.4 Å². The van der Waals surface area contributed by atoms with Gasteiger partial charge in [0.05, 0.1) is 5.56 Å². The summed E-state index contributed by atoms with van der Waals surface area (Å²) in [5.41, 5.74) is 10.7. The Labute approximate surface area is 360 Å². The van der Waals surface area contributed by atoms with E-state index in [9.17, 15) is 5.26 Å². The van der Waals surface area contributed by atoms with Crippen LogP contribution in [0.4, 0.5) is 0 Å². The van der Waals surface area contributed by atoms with Crippen LogP contribution in [0.1, 0.15) is 109 Å². The van der Waals surface area contributed by atoms with Crippen LogP contribution in [0, 0.1) is 46.8 Å². The molecule has 2 unspecified atom stereocenters. The summed E-state index contributed by atoms with van der Waals surface area (Å²) in [4.78, 5) is 15.6. The molecule has 4 bridgehead atoms. The molecule has 0 radical (unpaired) electrons. The lowest BCUT2D eigenvalue weighted by atomic mass is 9.54. The van der Waals surface area contributed by atoms with Crippen LogP contribution < -0.4 is 0 Å². The molecule has 5 heteroatoms. The van der Waals surface area contributed by atoms with E-state index in [4.69, 9.17) is 19.4 Å². The summed E-state index contributed by atoms with van der Waals surface area (Å²) in [7, 11) is 0. The Morgan fingerprint density at radius 3 is 1.38 bits per heavy atom. The average molecular weight is 801 g/mol. The highest BCUT2D eigenvalue weighted by Gasteiger charge is 2.46. The summed E-state index contributed by atoms with van der Waals surface area (Å²) in [6, 6.07) is 41.5. The summed E-state index contributed by atoms with van der Waals surface area (Å²) in [5, 5.41) is 11.6. The number of benzene rings is 5. The summed E-state index contributed by atoms with van der Waals surface area (Å²) in [6.45, 7) is 9.86. The van der Waals surface area contributed by atoms with Gasteiger partial charge in [0.15, 0.2) is 23.1 Å². The van der Waals surface area contributed by atoms with Crippen molar-refractivity contribution in [3.63, 3.8) is 0 Å². The third kappa shape index (κ3) is 6.87. The molecule has 2 heterocycles. The van der Waals surface area contributed by atoms with Gasteiger partial charge in [-0.1, -0.05) is 119 Å². The van der Waals surface area contributed by atoms with Gasteiger partial charge in [0, 0.05) is 27.5 Å². The maximum Gasteiger partial charge on any atom is 0.164 e. The second-order valence-electron chi connectivity index (χ2n) is 20.5. The molecule has 4 fully saturated rings. The molecule has 0 amide bonds. The molecule has 0 spiro atoms. The number of fused-ring (bicyclic) bond motifs is 7. The average Bonchev–Trinajstić information content (AvgIpc) is 3.64. The van der Waals surface area contributed by atoms with Gasteiger partial charge in [0.1, 0.15) is 11.7 Å². The lowest BCUT2D eigenvalue weighted by Crippen LogP contribution is -2.42. The molecule has 4 aliphatic rings. The smallest absolute Gasteiger partial charge is 0.164 e. The molecule has 0 saturated heterocycles. The van der Waals surface area contributed by atoms with E-state index in [1.165, 1.54) is 75.3 Å². The van der Waals surface area contributed by atoms with Crippen LogP contribution in [0.3, 0.4) is 0 Å². The van der Waals surface area contributed by atoms with Crippen LogP contribution in [0.2, 0.25) is 0 Å². The van der Waals surface area contributed by atoms with Gasteiger partial charge in [-0.25, -0.2) is 15.0 Å². The maximum absolute atomic E-state index is 9.66. The molecule has 4 aliphatic carbocycles. The lowest BCUT2D eigenvalue weighted by Gasteiger charge is -2.50. The van der Waals surface area contributed by atoms with Crippen molar-refractivity contribution in [3.05, 3.63) is 126 Å². The second-order valence-corrected chi connectivity index (χ2v) is 20.5. The van der Waals surface area contributed by atoms with Gasteiger partial charge < -0.3 is 4.42 Å². The largest absolute Gasteiger partial charge is 0.455 e. The lowest BCUT2D eigenvalue weighted by molar-refractivity contribution is 0.0779. The van der Waals surface area contributed by atoms with Gasteiger partial charge in [0.2, 0.25) is 0 Å². The number of para-hydroxylation sites is 1. The number of aromatic nitrogens is 3. The fourth-order valence-electron chi connectivity index (χ4n) is 13.7. The van der Waals surface area contributed by atoms with Gasteiger partial charge >= 0.3 is 0 Å². The zero-order valence-electron chi connectivity index (χ0n) is 36.1. The Morgan fingerprint density at radius 1 is 0.492 bits per heavy atom. The molecule has 4 saturated carbocycles. The second kappa shape index (κ2) is 14.8. The molecule has 7 aromatic rings. The van der Waals surface area contributed by atoms with Gasteiger partial charge in [0.25, 0.3) is 0 Å². The van der Waals surface area contributed by atoms with E-state index in [0.29, 0.717) is 28.6 Å². The first kappa shape index (κ1) is 38.3. The van der Waals surface area contributed by atoms with Crippen molar-refractivity contribution >= 4 is 21.9 Å². The van der Waals surface area contributed by atoms with E-state index in [-0.39, 0.29) is 10.8 Å². The first-order valence-corrected chi connectivity index (χ1v) is 23.1. The Kier molecular flexibility index (Phi) is 9.30. The third-order valence-corrected chi connectivity index (χ3v) is 15.5. The summed E-state index contributed by atoms with van der Waals surface area (Å²) < 4.78 is 6.12. The topological polar surface area (TPSA) is 75.6 Å². The van der Waals surface area contributed by atoms with Crippen molar-refractivity contribution in [1.82, 2.24) is 15.0 Å². The summed E-state index contributed by atoms with van der Waals surface area (Å²) in [6.07, 6.45) is 13.3. The van der Waals surface area contributed by atoms with Gasteiger partial charge in [-0.05, 0) is 151 Å². The first-order chi connectivity index (χ1) is 29.6. The van der Waals surface area contributed by atoms with Crippen LogP contribution in [0.15, 0.2) is 114 Å². The SMILES string of the molecule is C[C@@H]1C[C@@H]2C[C@H](C)CC(c3ccc(-c4nc(-c5ccc(-c6ccc7oc8c(C#N)cccc8c7c6)cc5)nc(-c5ccc(C67C[C@H](C)C[C@H](C[C@H](C)C6)C7)cc5)n4)cc3)(C1)C2. The van der Waals surface area contributed by atoms with Crippen LogP contribution in [0.5, 0.6) is 0 Å². The van der Waals surface area contributed by atoms with Crippen molar-refractivity contribution in [2.45, 2.75) is 103 Å². The number of furan rings is 1. The van der Waals surface area contributed by atoms with Crippen molar-refractivity contribution in [2.24, 2.45) is 35.5 Å². The van der Waals surface area contributed by atoms with Crippen LogP contribution in [-0.4, -0.2) is 15.0 Å². The van der Waals surface area contributed by atoms with Gasteiger partial charge in [-0.3, -0.25) is 0 Å². The number of hydrogen-bond donors (Lipinski definition) is 0. The molecule has 5 aromatic carbocycles. The minimum atomic E-state index is 0.276. The maximum atomic E-state index is 9.66. The van der Waals surface area contributed by atoms with Gasteiger partial charge in [-0.2, -0.15) is 5.26 Å². The summed E-state index contributed by atoms with van der Waals surface area (Å²) in [5.74, 6) is 6.86. The fourth-order valence-corrected chi connectivity index (χ4v) is 13.7. The minimum absolute atomic E-state index is 0.276. The zero-order valence-corrected chi connectivity index (χ0v) is 36.1. The van der Waals surface area contributed by atoms with Crippen molar-refractivity contribution in [2.75, 3.05) is 0 Å². The normalized spacial score (nSPS) is 28.4. The molecular formula is C56H56N4O. The monoisotopic (exact) mass is 800 g/mol. The molecule has 2 aromatic heterocycles. The molecule has 11 rings (SSSR count). The van der Waals surface area contributed by atoms with E-state index in [1.54, 1.807) is 6.07 Å². The predicted octanol–water partition coefficient (Wildman–Crippen LogP) is 14.5. The fraction of sp³-hybridized carbons (Fsp3) is 0.393. The quantitative estimate of drug-likeness (QED) is 0.167. The van der Waals surface area contributed by atoms with E-state index >= 15 is 0 Å². The first-order valence-electron chi connectivity index (χ1n) is 23.1. The summed E-state index contributed by atoms with van der Waals surface area (Å²) >= 11 is 0. The number of hydrogen-bond acceptors (Lipinski definition) is 5. The Morgan fingerprint density at radius 2 is 0.918 bits per heavy atom. The van der Waals surface area contributed by atoms with Crippen LogP contribution in [-0.2, 0) is 10.8 Å². The van der Waals surface area contributed by atoms with Crippen molar-refractivity contribution < 1.29 is 4.42 Å². The molecular weight excluding hydrogens is 745 g/mol. The molecule has 61 heavy (non-hydrogen) atoms. The van der Waals surface area contributed by atoms with E-state index in [0.717, 1.165) is 79.7 Å². The highest BCUT2D eigenvalue weighted by molar-refractivity contribution is 6.07. The number of nitrogens with zero attached hydrogens (tertiary/aromatic N) is 4. The third-order valence-electron chi connectivity index (χ3n) is 15.5. The highest BCUT2D eigenvalue weighted by atomic mass is 16.3. The molecule has 8 atom stereocenters. The minimum Gasteiger partial charge on any atom is -0.455 e. The Hall–Kier alpha value is -5.60. The number of nitriles is 1. The highest BCUT2D eigenvalue weighted by Crippen LogP contribution is 2.55. The number of rotatable bonds is 6. The van der Waals surface area contributed by atoms with Crippen LogP contribution >= 0.6 is 0 Å².